The van der Waals surface area contributed by atoms with Crippen molar-refractivity contribution in [2.24, 2.45) is 5.92 Å². The van der Waals surface area contributed by atoms with E-state index in [1.54, 1.807) is 29.7 Å². The molecule has 0 aromatic carbocycles. The summed E-state index contributed by atoms with van der Waals surface area (Å²) in [6, 6.07) is 11.1. The van der Waals surface area contributed by atoms with Gasteiger partial charge >= 0.3 is 5.97 Å². The van der Waals surface area contributed by atoms with E-state index < -0.39 is 5.97 Å². The first-order chi connectivity index (χ1) is 14.6. The number of hydrogen-bond donors (Lipinski definition) is 2. The van der Waals surface area contributed by atoms with Crippen molar-refractivity contribution in [3.8, 4) is 16.6 Å². The predicted octanol–water partition coefficient (Wildman–Crippen LogP) is 4.75. The van der Waals surface area contributed by atoms with Crippen LogP contribution in [0.4, 0.5) is 16.8 Å². The molecule has 1 saturated heterocycles. The molecule has 0 atom stereocenters. The molecule has 1 fully saturated rings. The Morgan fingerprint density at radius 2 is 2.00 bits per heavy atom. The fourth-order valence-corrected chi connectivity index (χ4v) is 4.38. The normalized spacial score (nSPS) is 13.4. The minimum atomic E-state index is -0.723. The van der Waals surface area contributed by atoms with Gasteiger partial charge in [-0.05, 0) is 43.0 Å². The van der Waals surface area contributed by atoms with Crippen molar-refractivity contribution in [3.63, 3.8) is 0 Å². The second-order valence-electron chi connectivity index (χ2n) is 7.11. The van der Waals surface area contributed by atoms with Crippen LogP contribution in [-0.4, -0.2) is 39.1 Å². The number of pyridine rings is 2. The van der Waals surface area contributed by atoms with Crippen molar-refractivity contribution in [3.05, 3.63) is 48.3 Å². The molecule has 0 spiro atoms. The average Bonchev–Trinajstić information content (AvgIpc) is 3.24. The molecule has 0 amide bonds. The Bertz CT molecular complexity index is 1100. The summed E-state index contributed by atoms with van der Waals surface area (Å²) in [5.41, 5.74) is 1.34. The third kappa shape index (κ3) is 6.29. The molecule has 0 bridgehead atoms. The van der Waals surface area contributed by atoms with Gasteiger partial charge < -0.3 is 15.3 Å². The lowest BCUT2D eigenvalue weighted by atomic mass is 9.94. The molecule has 4 heterocycles. The fourth-order valence-electron chi connectivity index (χ4n) is 3.45. The van der Waals surface area contributed by atoms with E-state index in [-0.39, 0.29) is 37.2 Å². The van der Waals surface area contributed by atoms with Crippen LogP contribution >= 0.6 is 36.2 Å². The van der Waals surface area contributed by atoms with Gasteiger partial charge in [0.25, 0.3) is 0 Å². The van der Waals surface area contributed by atoms with Gasteiger partial charge in [0.2, 0.25) is 0 Å². The number of rotatable bonds is 6. The maximum absolute atomic E-state index is 10.9. The minimum absolute atomic E-state index is 0. The third-order valence-electron chi connectivity index (χ3n) is 4.99. The van der Waals surface area contributed by atoms with Crippen molar-refractivity contribution in [2.45, 2.75) is 19.3 Å². The number of carbonyl (C=O) groups is 1. The predicted molar refractivity (Wildman–Crippen MR) is 129 cm³/mol. The van der Waals surface area contributed by atoms with E-state index in [1.807, 2.05) is 24.4 Å². The molecule has 4 rings (SSSR count). The van der Waals surface area contributed by atoms with Crippen LogP contribution in [0.5, 0.6) is 0 Å². The van der Waals surface area contributed by atoms with E-state index >= 15 is 0 Å². The van der Waals surface area contributed by atoms with Crippen LogP contribution in [0.3, 0.4) is 0 Å². The largest absolute Gasteiger partial charge is 0.481 e. The van der Waals surface area contributed by atoms with Crippen molar-refractivity contribution < 1.29 is 9.90 Å². The molecule has 32 heavy (non-hydrogen) atoms. The molecular weight excluding hydrogens is 471 g/mol. The van der Waals surface area contributed by atoms with Crippen molar-refractivity contribution in [2.75, 3.05) is 23.3 Å². The molecule has 8 nitrogen and oxygen atoms in total. The Labute approximate surface area is 202 Å². The number of aliphatic carboxylic acids is 1. The highest BCUT2D eigenvalue weighted by molar-refractivity contribution is 7.18. The number of carboxylic acids is 1. The zero-order valence-corrected chi connectivity index (χ0v) is 19.4. The highest BCUT2D eigenvalue weighted by Crippen LogP contribution is 2.33. The highest BCUT2D eigenvalue weighted by atomic mass is 35.5. The van der Waals surface area contributed by atoms with Gasteiger partial charge in [0.05, 0.1) is 22.2 Å². The van der Waals surface area contributed by atoms with E-state index in [4.69, 9.17) is 10.4 Å². The molecule has 11 heteroatoms. The SMILES string of the molecule is Cl.Cl.N#Cc1ccnc(Nc2cccc(-c3cnc(N4CCC(CC(=O)O)CC4)s3)n2)c1. The standard InChI is InChI=1S/C21H20N6O2S.2ClH/c22-12-15-4-7-23-19(10-15)26-18-3-1-2-16(25-18)17-13-24-21(30-17)27-8-5-14(6-9-27)11-20(28)29;;/h1-4,7,10,13-14H,5-6,8-9,11H2,(H,28,29)(H,23,25,26);2*1H. The molecule has 1 aliphatic heterocycles. The first-order valence-electron chi connectivity index (χ1n) is 9.64. The van der Waals surface area contributed by atoms with Crippen LogP contribution in [0, 0.1) is 17.2 Å². The van der Waals surface area contributed by atoms with Crippen LogP contribution in [0.1, 0.15) is 24.8 Å². The van der Waals surface area contributed by atoms with Crippen LogP contribution in [0.2, 0.25) is 0 Å². The Balaban J connectivity index is 0.00000181. The van der Waals surface area contributed by atoms with Crippen LogP contribution in [0.15, 0.2) is 42.7 Å². The van der Waals surface area contributed by atoms with E-state index in [9.17, 15) is 4.79 Å². The summed E-state index contributed by atoms with van der Waals surface area (Å²) >= 11 is 1.58. The zero-order chi connectivity index (χ0) is 20.9. The van der Waals surface area contributed by atoms with Gasteiger partial charge in [-0.15, -0.1) is 24.8 Å². The lowest BCUT2D eigenvalue weighted by molar-refractivity contribution is -0.138. The van der Waals surface area contributed by atoms with Crippen LogP contribution in [0.25, 0.3) is 10.6 Å². The molecule has 0 aliphatic carbocycles. The molecule has 3 aromatic rings. The molecule has 3 aromatic heterocycles. The minimum Gasteiger partial charge on any atom is -0.481 e. The number of halogens is 2. The van der Waals surface area contributed by atoms with E-state index in [0.717, 1.165) is 41.6 Å². The first-order valence-corrected chi connectivity index (χ1v) is 10.5. The second-order valence-corrected chi connectivity index (χ2v) is 8.12. The van der Waals surface area contributed by atoms with Crippen LogP contribution < -0.4 is 10.2 Å². The summed E-state index contributed by atoms with van der Waals surface area (Å²) in [5.74, 6) is 0.724. The summed E-state index contributed by atoms with van der Waals surface area (Å²) in [6.07, 6.45) is 5.39. The van der Waals surface area contributed by atoms with Gasteiger partial charge in [-0.2, -0.15) is 5.26 Å². The van der Waals surface area contributed by atoms with Crippen molar-refractivity contribution in [1.82, 2.24) is 15.0 Å². The van der Waals surface area contributed by atoms with Crippen molar-refractivity contribution >= 4 is 58.9 Å². The highest BCUT2D eigenvalue weighted by Gasteiger charge is 2.23. The van der Waals surface area contributed by atoms with Crippen molar-refractivity contribution in [1.29, 1.82) is 5.26 Å². The monoisotopic (exact) mass is 492 g/mol. The zero-order valence-electron chi connectivity index (χ0n) is 17.0. The van der Waals surface area contributed by atoms with Crippen LogP contribution in [-0.2, 0) is 4.79 Å². The Hall–Kier alpha value is -2.93. The summed E-state index contributed by atoms with van der Waals surface area (Å²) in [5, 5.41) is 22.1. The molecule has 168 valence electrons. The summed E-state index contributed by atoms with van der Waals surface area (Å²) < 4.78 is 0. The Morgan fingerprint density at radius 3 is 2.72 bits per heavy atom. The van der Waals surface area contributed by atoms with Gasteiger partial charge in [-0.25, -0.2) is 15.0 Å². The number of aromatic nitrogens is 3. The van der Waals surface area contributed by atoms with Gasteiger partial charge in [0, 0.05) is 31.9 Å². The summed E-state index contributed by atoms with van der Waals surface area (Å²) in [6.45, 7) is 1.64. The number of piperidine rings is 1. The molecule has 1 aliphatic rings. The molecule has 2 N–H and O–H groups in total. The quantitative estimate of drug-likeness (QED) is 0.506. The summed E-state index contributed by atoms with van der Waals surface area (Å²) in [7, 11) is 0. The first kappa shape index (κ1) is 25.3. The maximum Gasteiger partial charge on any atom is 0.303 e. The van der Waals surface area contributed by atoms with E-state index in [1.165, 1.54) is 0 Å². The third-order valence-corrected chi connectivity index (χ3v) is 6.07. The molecule has 0 unspecified atom stereocenters. The number of nitriles is 1. The topological polar surface area (TPSA) is 115 Å². The second kappa shape index (κ2) is 11.6. The van der Waals surface area contributed by atoms with E-state index in [2.05, 4.69) is 31.2 Å². The smallest absolute Gasteiger partial charge is 0.303 e. The van der Waals surface area contributed by atoms with Gasteiger partial charge in [-0.3, -0.25) is 4.79 Å². The number of carboxylic acid groups (broad SMARTS) is 1. The van der Waals surface area contributed by atoms with E-state index in [0.29, 0.717) is 17.2 Å². The fraction of sp³-hybridized carbons (Fsp3) is 0.286. The van der Waals surface area contributed by atoms with Gasteiger partial charge in [0.1, 0.15) is 11.6 Å². The number of thiazole rings is 1. The summed E-state index contributed by atoms with van der Waals surface area (Å²) in [4.78, 5) is 27.5. The number of hydrogen-bond acceptors (Lipinski definition) is 8. The van der Waals surface area contributed by atoms with Gasteiger partial charge in [-0.1, -0.05) is 17.4 Å². The number of anilines is 3. The lowest BCUT2D eigenvalue weighted by Gasteiger charge is -2.30. The lowest BCUT2D eigenvalue weighted by Crippen LogP contribution is -2.34. The Kier molecular flexibility index (Phi) is 9.20. The number of nitrogens with zero attached hydrogens (tertiary/aromatic N) is 5. The molecule has 0 radical (unpaired) electrons. The maximum atomic E-state index is 10.9. The average molecular weight is 493 g/mol. The molecular formula is C21H22Cl2N6O2S. The number of nitrogens with one attached hydrogen (secondary N) is 1. The van der Waals surface area contributed by atoms with Gasteiger partial charge in [0.15, 0.2) is 5.13 Å². The Morgan fingerprint density at radius 1 is 1.22 bits per heavy atom. The molecule has 0 saturated carbocycles.